The molecule has 0 rings (SSSR count). The zero-order chi connectivity index (χ0) is 20.6. The molecule has 0 aromatic rings. The second-order valence-corrected chi connectivity index (χ2v) is 7.64. The molecule has 0 aromatic heterocycles. The molecule has 0 atom stereocenters. The van der Waals surface area contributed by atoms with E-state index in [0.717, 1.165) is 77.0 Å². The van der Waals surface area contributed by atoms with Gasteiger partial charge in [-0.15, -0.1) is 0 Å². The molecule has 4 nitrogen and oxygen atoms in total. The van der Waals surface area contributed by atoms with E-state index >= 15 is 0 Å². The number of carboxylic acid groups (broad SMARTS) is 2. The summed E-state index contributed by atoms with van der Waals surface area (Å²) in [5.41, 5.74) is -1.09. The number of hydrogen-bond donors (Lipinski definition) is 0. The van der Waals surface area contributed by atoms with Crippen molar-refractivity contribution in [1.82, 2.24) is 0 Å². The first-order chi connectivity index (χ1) is 12.3. The van der Waals surface area contributed by atoms with Crippen molar-refractivity contribution in [2.24, 2.45) is 10.8 Å². The van der Waals surface area contributed by atoms with Crippen molar-refractivity contribution >= 4 is 57.4 Å². The van der Waals surface area contributed by atoms with Gasteiger partial charge < -0.3 is 19.8 Å². The largest absolute Gasteiger partial charge is 2.00 e. The summed E-state index contributed by atoms with van der Waals surface area (Å²) in [6.07, 6.45) is 10.1. The summed E-state index contributed by atoms with van der Waals surface area (Å²) >= 11 is 0. The molecule has 5 heteroatoms. The molecular formula is C22H42O4Sr. The Morgan fingerprint density at radius 3 is 0.741 bits per heavy atom. The molecule has 0 aliphatic heterocycles. The quantitative estimate of drug-likeness (QED) is 0.371. The van der Waals surface area contributed by atoms with Gasteiger partial charge in [-0.1, -0.05) is 80.1 Å². The van der Waals surface area contributed by atoms with Crippen LogP contribution in [-0.2, 0) is 9.59 Å². The van der Waals surface area contributed by atoms with Gasteiger partial charge in [0.05, 0.1) is 0 Å². The summed E-state index contributed by atoms with van der Waals surface area (Å²) in [7, 11) is 0. The Hall–Kier alpha value is 0.421. The van der Waals surface area contributed by atoms with E-state index in [1.54, 1.807) is 0 Å². The van der Waals surface area contributed by atoms with Crippen LogP contribution in [0.1, 0.15) is 119 Å². The Bertz CT molecular complexity index is 312. The van der Waals surface area contributed by atoms with Crippen LogP contribution in [0.15, 0.2) is 0 Å². The first-order valence-electron chi connectivity index (χ1n) is 10.7. The molecule has 0 radical (unpaired) electrons. The third-order valence-electron chi connectivity index (χ3n) is 5.24. The molecule has 0 aromatic carbocycles. The first kappa shape index (κ1) is 32.1. The van der Waals surface area contributed by atoms with Crippen LogP contribution < -0.4 is 10.2 Å². The summed E-state index contributed by atoms with van der Waals surface area (Å²) in [6, 6.07) is 0. The molecule has 0 N–H and O–H groups in total. The van der Waals surface area contributed by atoms with Gasteiger partial charge in [0.1, 0.15) is 0 Å². The van der Waals surface area contributed by atoms with Gasteiger partial charge >= 0.3 is 45.5 Å². The van der Waals surface area contributed by atoms with Crippen LogP contribution in [0.2, 0.25) is 0 Å². The van der Waals surface area contributed by atoms with Gasteiger partial charge in [-0.2, -0.15) is 0 Å². The second-order valence-electron chi connectivity index (χ2n) is 7.64. The minimum Gasteiger partial charge on any atom is -0.550 e. The van der Waals surface area contributed by atoms with E-state index in [-0.39, 0.29) is 45.5 Å². The van der Waals surface area contributed by atoms with Gasteiger partial charge in [-0.05, 0) is 38.5 Å². The maximum Gasteiger partial charge on any atom is 2.00 e. The van der Waals surface area contributed by atoms with Crippen LogP contribution >= 0.6 is 0 Å². The molecule has 0 unspecified atom stereocenters. The monoisotopic (exact) mass is 458 g/mol. The van der Waals surface area contributed by atoms with Gasteiger partial charge in [-0.25, -0.2) is 0 Å². The van der Waals surface area contributed by atoms with Crippen LogP contribution in [0.4, 0.5) is 0 Å². The molecule has 0 spiro atoms. The van der Waals surface area contributed by atoms with Crippen molar-refractivity contribution in [2.75, 3.05) is 0 Å². The summed E-state index contributed by atoms with van der Waals surface area (Å²) in [4.78, 5) is 22.2. The van der Waals surface area contributed by atoms with Crippen LogP contribution in [0.5, 0.6) is 0 Å². The topological polar surface area (TPSA) is 80.3 Å². The van der Waals surface area contributed by atoms with Crippen LogP contribution in [0, 0.1) is 10.8 Å². The molecular weight excluding hydrogens is 416 g/mol. The standard InChI is InChI=1S/2C11H22O2.Sr/c2*1-4-7-11(8-5-2,9-6-3)10(12)13;/h2*4-9H2,1-3H3,(H,12,13);/q;;+2/p-2. The predicted octanol–water partition coefficient (Wildman–Crippen LogP) is 3.87. The van der Waals surface area contributed by atoms with Crippen LogP contribution in [0.25, 0.3) is 0 Å². The number of carboxylic acids is 2. The molecule has 0 bridgehead atoms. The zero-order valence-electron chi connectivity index (χ0n) is 18.8. The molecule has 156 valence electrons. The van der Waals surface area contributed by atoms with Gasteiger partial charge in [-0.3, -0.25) is 0 Å². The number of hydrogen-bond acceptors (Lipinski definition) is 4. The van der Waals surface area contributed by atoms with E-state index in [4.69, 9.17) is 0 Å². The van der Waals surface area contributed by atoms with E-state index in [2.05, 4.69) is 0 Å². The number of carbonyl (C=O) groups excluding carboxylic acids is 2. The average Bonchev–Trinajstić information content (AvgIpc) is 2.56. The van der Waals surface area contributed by atoms with Crippen LogP contribution in [0.3, 0.4) is 0 Å². The van der Waals surface area contributed by atoms with Gasteiger partial charge in [0.15, 0.2) is 0 Å². The number of aliphatic carboxylic acids is 2. The Balaban J connectivity index is -0.000000411. The third-order valence-corrected chi connectivity index (χ3v) is 5.24. The minimum absolute atomic E-state index is 0. The first-order valence-corrected chi connectivity index (χ1v) is 10.7. The van der Waals surface area contributed by atoms with Crippen molar-refractivity contribution in [2.45, 2.75) is 119 Å². The van der Waals surface area contributed by atoms with Gasteiger partial charge in [0, 0.05) is 22.8 Å². The number of carbonyl (C=O) groups is 2. The molecule has 0 aliphatic rings. The smallest absolute Gasteiger partial charge is 0.550 e. The minimum atomic E-state index is -0.849. The molecule has 0 heterocycles. The fourth-order valence-corrected chi connectivity index (χ4v) is 4.23. The van der Waals surface area contributed by atoms with Gasteiger partial charge in [0.25, 0.3) is 0 Å². The summed E-state index contributed by atoms with van der Waals surface area (Å²) < 4.78 is 0. The fourth-order valence-electron chi connectivity index (χ4n) is 4.23. The second kappa shape index (κ2) is 18.4. The maximum absolute atomic E-state index is 11.1. The normalized spacial score (nSPS) is 11.2. The predicted molar refractivity (Wildman–Crippen MR) is 110 cm³/mol. The Labute approximate surface area is 205 Å². The van der Waals surface area contributed by atoms with E-state index in [9.17, 15) is 19.8 Å². The van der Waals surface area contributed by atoms with Crippen LogP contribution in [-0.4, -0.2) is 57.4 Å². The average molecular weight is 458 g/mol. The molecule has 0 amide bonds. The van der Waals surface area contributed by atoms with Crippen molar-refractivity contribution in [3.8, 4) is 0 Å². The third kappa shape index (κ3) is 11.9. The molecule has 27 heavy (non-hydrogen) atoms. The summed E-state index contributed by atoms with van der Waals surface area (Å²) in [5.74, 6) is -1.70. The summed E-state index contributed by atoms with van der Waals surface area (Å²) in [5, 5.41) is 22.2. The SMILES string of the molecule is CCCC(CCC)(CCC)C(=O)[O-].CCCC(CCC)(CCC)C(=O)[O-].[Sr+2]. The Morgan fingerprint density at radius 2 is 0.667 bits per heavy atom. The maximum atomic E-state index is 11.1. The number of rotatable bonds is 14. The van der Waals surface area contributed by atoms with Gasteiger partial charge in [0.2, 0.25) is 0 Å². The van der Waals surface area contributed by atoms with Crippen molar-refractivity contribution in [3.63, 3.8) is 0 Å². The fraction of sp³-hybridized carbons (Fsp3) is 0.909. The summed E-state index contributed by atoms with van der Waals surface area (Å²) in [6.45, 7) is 12.2. The van der Waals surface area contributed by atoms with E-state index in [1.165, 1.54) is 0 Å². The molecule has 0 aliphatic carbocycles. The molecule has 0 fully saturated rings. The molecule has 0 saturated carbocycles. The Morgan fingerprint density at radius 1 is 0.519 bits per heavy atom. The zero-order valence-corrected chi connectivity index (χ0v) is 22.3. The van der Waals surface area contributed by atoms with E-state index in [1.807, 2.05) is 41.5 Å². The Kier molecular flexibility index (Phi) is 21.9. The molecule has 0 saturated heterocycles. The van der Waals surface area contributed by atoms with E-state index in [0.29, 0.717) is 0 Å². The van der Waals surface area contributed by atoms with E-state index < -0.39 is 22.8 Å². The van der Waals surface area contributed by atoms with Crippen molar-refractivity contribution in [1.29, 1.82) is 0 Å². The van der Waals surface area contributed by atoms with Crippen molar-refractivity contribution < 1.29 is 19.8 Å². The van der Waals surface area contributed by atoms with Crippen molar-refractivity contribution in [3.05, 3.63) is 0 Å².